The number of hydrogen-bond donors (Lipinski definition) is 2. The fraction of sp³-hybridized carbons (Fsp3) is 0.419. The molecule has 3 aromatic carbocycles. The molecule has 4 rings (SSSR count). The van der Waals surface area contributed by atoms with Crippen molar-refractivity contribution >= 4 is 0 Å². The summed E-state index contributed by atoms with van der Waals surface area (Å²) < 4.78 is 89.7. The molecule has 0 aromatic heterocycles. The first-order valence-corrected chi connectivity index (χ1v) is 13.6. The summed E-state index contributed by atoms with van der Waals surface area (Å²) in [5.41, 5.74) is -1.06. The van der Waals surface area contributed by atoms with Gasteiger partial charge in [-0.15, -0.1) is 26.3 Å². The van der Waals surface area contributed by atoms with Crippen molar-refractivity contribution in [2.45, 2.75) is 57.2 Å². The molecule has 1 heterocycles. The molecule has 234 valence electrons. The van der Waals surface area contributed by atoms with Crippen LogP contribution in [0.25, 0.3) is 0 Å². The first-order valence-electron chi connectivity index (χ1n) is 13.6. The lowest BCUT2D eigenvalue weighted by molar-refractivity contribution is -0.275. The number of rotatable bonds is 10. The number of likely N-dealkylation sites (tertiary alicyclic amines) is 1. The normalized spacial score (nSPS) is 15.8. The lowest BCUT2D eigenvalue weighted by Crippen LogP contribution is -2.44. The second kappa shape index (κ2) is 12.6. The van der Waals surface area contributed by atoms with Crippen LogP contribution in [0.2, 0.25) is 0 Å². The molecule has 1 aliphatic heterocycles. The average Bonchev–Trinajstić information content (AvgIpc) is 2.91. The SMILES string of the molecule is CC(C)(O)COc1ccc(CN2CCC(C(O)(c3ccc(OC(F)(F)F)cc3)c3ccc(OC(F)(F)F)cc3)CC2)cc1. The molecule has 1 saturated heterocycles. The van der Waals surface area contributed by atoms with Gasteiger partial charge < -0.3 is 24.4 Å². The van der Waals surface area contributed by atoms with Gasteiger partial charge in [-0.3, -0.25) is 4.90 Å². The third-order valence-corrected chi connectivity index (χ3v) is 7.16. The predicted molar refractivity (Wildman–Crippen MR) is 145 cm³/mol. The van der Waals surface area contributed by atoms with Gasteiger partial charge in [-0.05, 0) is 98.8 Å². The third kappa shape index (κ3) is 9.25. The second-order valence-electron chi connectivity index (χ2n) is 11.2. The first kappa shape index (κ1) is 32.4. The van der Waals surface area contributed by atoms with E-state index in [2.05, 4.69) is 14.4 Å². The Morgan fingerprint density at radius 2 is 1.09 bits per heavy atom. The summed E-state index contributed by atoms with van der Waals surface area (Å²) in [6.45, 7) is 5.27. The van der Waals surface area contributed by atoms with E-state index in [0.29, 0.717) is 38.2 Å². The number of halogens is 6. The van der Waals surface area contributed by atoms with Crippen molar-refractivity contribution in [2.24, 2.45) is 5.92 Å². The molecule has 0 radical (unpaired) electrons. The van der Waals surface area contributed by atoms with E-state index < -0.39 is 41.3 Å². The average molecular weight is 614 g/mol. The Morgan fingerprint density at radius 1 is 0.674 bits per heavy atom. The fourth-order valence-corrected chi connectivity index (χ4v) is 5.18. The highest BCUT2D eigenvalue weighted by Gasteiger charge is 2.42. The summed E-state index contributed by atoms with van der Waals surface area (Å²) in [6.07, 6.45) is -8.76. The minimum atomic E-state index is -4.89. The quantitative estimate of drug-likeness (QED) is 0.246. The zero-order chi connectivity index (χ0) is 31.5. The number of alkyl halides is 6. The summed E-state index contributed by atoms with van der Waals surface area (Å²) in [4.78, 5) is 2.20. The van der Waals surface area contributed by atoms with E-state index in [4.69, 9.17) is 4.74 Å². The third-order valence-electron chi connectivity index (χ3n) is 7.16. The molecule has 0 spiro atoms. The summed E-state index contributed by atoms with van der Waals surface area (Å²) >= 11 is 0. The van der Waals surface area contributed by atoms with Crippen molar-refractivity contribution < 1.29 is 50.8 Å². The Balaban J connectivity index is 1.50. The highest BCUT2D eigenvalue weighted by atomic mass is 19.4. The second-order valence-corrected chi connectivity index (χ2v) is 11.2. The van der Waals surface area contributed by atoms with Crippen LogP contribution in [0.1, 0.15) is 43.4 Å². The van der Waals surface area contributed by atoms with Gasteiger partial charge in [0.1, 0.15) is 29.5 Å². The van der Waals surface area contributed by atoms with Crippen LogP contribution in [-0.2, 0) is 12.1 Å². The number of ether oxygens (including phenoxy) is 3. The van der Waals surface area contributed by atoms with E-state index in [-0.39, 0.29) is 17.7 Å². The van der Waals surface area contributed by atoms with Crippen molar-refractivity contribution in [3.05, 3.63) is 89.5 Å². The van der Waals surface area contributed by atoms with E-state index in [1.165, 1.54) is 24.3 Å². The number of aliphatic hydroxyl groups is 2. The summed E-state index contributed by atoms with van der Waals surface area (Å²) in [5.74, 6) is -0.684. The number of benzene rings is 3. The van der Waals surface area contributed by atoms with Gasteiger partial charge in [0.2, 0.25) is 0 Å². The highest BCUT2D eigenvalue weighted by molar-refractivity contribution is 5.42. The molecule has 2 N–H and O–H groups in total. The van der Waals surface area contributed by atoms with Crippen LogP contribution in [0, 0.1) is 5.92 Å². The Hall–Kier alpha value is -3.48. The number of piperidine rings is 1. The highest BCUT2D eigenvalue weighted by Crippen LogP contribution is 2.43. The Labute approximate surface area is 245 Å². The Bertz CT molecular complexity index is 1250. The molecule has 1 fully saturated rings. The van der Waals surface area contributed by atoms with E-state index >= 15 is 0 Å². The zero-order valence-electron chi connectivity index (χ0n) is 23.6. The van der Waals surface area contributed by atoms with Crippen LogP contribution < -0.4 is 14.2 Å². The van der Waals surface area contributed by atoms with Crippen LogP contribution in [0.15, 0.2) is 72.8 Å². The molecule has 1 aliphatic rings. The zero-order valence-corrected chi connectivity index (χ0v) is 23.6. The van der Waals surface area contributed by atoms with Gasteiger partial charge in [-0.1, -0.05) is 36.4 Å². The molecule has 0 unspecified atom stereocenters. The molecular weight excluding hydrogens is 580 g/mol. The van der Waals surface area contributed by atoms with Crippen LogP contribution in [0.4, 0.5) is 26.3 Å². The molecule has 43 heavy (non-hydrogen) atoms. The van der Waals surface area contributed by atoms with Crippen LogP contribution in [-0.4, -0.2) is 53.1 Å². The van der Waals surface area contributed by atoms with Crippen molar-refractivity contribution in [1.29, 1.82) is 0 Å². The van der Waals surface area contributed by atoms with Crippen LogP contribution in [0.5, 0.6) is 17.2 Å². The lowest BCUT2D eigenvalue weighted by atomic mass is 9.72. The molecule has 0 saturated carbocycles. The van der Waals surface area contributed by atoms with Gasteiger partial charge in [-0.2, -0.15) is 0 Å². The lowest BCUT2D eigenvalue weighted by Gasteiger charge is -2.42. The number of nitrogens with zero attached hydrogens (tertiary/aromatic N) is 1. The van der Waals surface area contributed by atoms with Crippen LogP contribution in [0.3, 0.4) is 0 Å². The van der Waals surface area contributed by atoms with Crippen molar-refractivity contribution in [3.63, 3.8) is 0 Å². The Morgan fingerprint density at radius 3 is 1.49 bits per heavy atom. The fourth-order valence-electron chi connectivity index (χ4n) is 5.18. The van der Waals surface area contributed by atoms with Gasteiger partial charge in [0, 0.05) is 6.54 Å². The van der Waals surface area contributed by atoms with Crippen LogP contribution >= 0.6 is 0 Å². The van der Waals surface area contributed by atoms with Crippen molar-refractivity contribution in [3.8, 4) is 17.2 Å². The summed E-state index contributed by atoms with van der Waals surface area (Å²) in [7, 11) is 0. The molecule has 0 aliphatic carbocycles. The molecule has 0 atom stereocenters. The van der Waals surface area contributed by atoms with E-state index in [0.717, 1.165) is 29.8 Å². The smallest absolute Gasteiger partial charge is 0.491 e. The van der Waals surface area contributed by atoms with Gasteiger partial charge in [0.05, 0.1) is 5.60 Å². The van der Waals surface area contributed by atoms with Gasteiger partial charge in [0.25, 0.3) is 0 Å². The minimum Gasteiger partial charge on any atom is -0.491 e. The standard InChI is InChI=1S/C31H33F6NO5/c1-28(2,39)20-41-25-9-3-21(4-10-25)19-38-17-15-24(16-18-38)29(40,22-5-11-26(12-6-22)42-30(32,33)34)23-7-13-27(14-8-23)43-31(35,36)37/h3-14,24,39-40H,15-20H2,1-2H3. The predicted octanol–water partition coefficient (Wildman–Crippen LogP) is 6.78. The van der Waals surface area contributed by atoms with E-state index in [9.17, 15) is 36.6 Å². The van der Waals surface area contributed by atoms with Crippen molar-refractivity contribution in [1.82, 2.24) is 4.90 Å². The molecule has 0 amide bonds. The molecule has 12 heteroatoms. The summed E-state index contributed by atoms with van der Waals surface area (Å²) in [5, 5.41) is 22.0. The molecule has 0 bridgehead atoms. The minimum absolute atomic E-state index is 0.152. The summed E-state index contributed by atoms with van der Waals surface area (Å²) in [6, 6.07) is 17.2. The largest absolute Gasteiger partial charge is 0.573 e. The van der Waals surface area contributed by atoms with Crippen molar-refractivity contribution in [2.75, 3.05) is 19.7 Å². The van der Waals surface area contributed by atoms with Gasteiger partial charge >= 0.3 is 12.7 Å². The maximum absolute atomic E-state index is 12.7. The van der Waals surface area contributed by atoms with E-state index in [1.54, 1.807) is 13.8 Å². The maximum Gasteiger partial charge on any atom is 0.573 e. The topological polar surface area (TPSA) is 71.4 Å². The maximum atomic E-state index is 12.7. The molecule has 3 aromatic rings. The van der Waals surface area contributed by atoms with E-state index in [1.807, 2.05) is 24.3 Å². The van der Waals surface area contributed by atoms with Gasteiger partial charge in [0.15, 0.2) is 0 Å². The monoisotopic (exact) mass is 613 g/mol. The first-order chi connectivity index (χ1) is 20.0. The Kier molecular flexibility index (Phi) is 9.53. The molecule has 6 nitrogen and oxygen atoms in total. The van der Waals surface area contributed by atoms with Gasteiger partial charge in [-0.25, -0.2) is 0 Å². The molecular formula is C31H33F6NO5. The number of hydrogen-bond acceptors (Lipinski definition) is 6.